The fourth-order valence-corrected chi connectivity index (χ4v) is 2.60. The molecule has 0 aliphatic rings. The van der Waals surface area contributed by atoms with Crippen LogP contribution in [0.4, 0.5) is 0 Å². The number of carbonyl (C=O) groups excluding carboxylic acids is 1. The topological polar surface area (TPSA) is 38.8 Å². The van der Waals surface area contributed by atoms with Crippen LogP contribution in [0.2, 0.25) is 0 Å². The molecule has 0 amide bonds. The molecule has 0 N–H and O–H groups in total. The zero-order valence-corrected chi connectivity index (χ0v) is 13.9. The number of nitrogens with zero attached hydrogens (tertiary/aromatic N) is 1. The lowest BCUT2D eigenvalue weighted by atomic mass is 10.0. The van der Waals surface area contributed by atoms with Crippen molar-refractivity contribution in [1.29, 1.82) is 0 Å². The van der Waals surface area contributed by atoms with E-state index in [1.807, 2.05) is 66.5 Å². The summed E-state index contributed by atoms with van der Waals surface area (Å²) in [6.45, 7) is 0.608. The van der Waals surface area contributed by atoms with Crippen molar-refractivity contribution < 1.29 is 14.3 Å². The van der Waals surface area contributed by atoms with Crippen LogP contribution in [-0.2, 0) is 22.5 Å². The van der Waals surface area contributed by atoms with Crippen LogP contribution in [0.25, 0.3) is 0 Å². The van der Waals surface area contributed by atoms with Crippen LogP contribution < -0.4 is 4.74 Å². The van der Waals surface area contributed by atoms with Crippen molar-refractivity contribution in [2.24, 2.45) is 0 Å². The molecule has 0 unspecified atom stereocenters. The maximum atomic E-state index is 12.2. The molecule has 4 heteroatoms. The molecule has 0 saturated heterocycles. The summed E-state index contributed by atoms with van der Waals surface area (Å²) in [6.07, 6.45) is 0.610. The fraction of sp³-hybridized carbons (Fsp3) is 0.316. The van der Waals surface area contributed by atoms with Gasteiger partial charge in [0.15, 0.2) is 0 Å². The molecule has 0 heterocycles. The number of hydrogen-bond acceptors (Lipinski definition) is 4. The molecule has 0 aliphatic carbocycles. The first-order chi connectivity index (χ1) is 11.2. The summed E-state index contributed by atoms with van der Waals surface area (Å²) in [6, 6.07) is 17.5. The maximum Gasteiger partial charge on any atom is 0.323 e. The van der Waals surface area contributed by atoms with Gasteiger partial charge in [-0.25, -0.2) is 0 Å². The maximum absolute atomic E-state index is 12.2. The van der Waals surface area contributed by atoms with Crippen molar-refractivity contribution >= 4 is 5.97 Å². The molecule has 0 bridgehead atoms. The zero-order chi connectivity index (χ0) is 16.7. The van der Waals surface area contributed by atoms with Crippen LogP contribution in [0.3, 0.4) is 0 Å². The van der Waals surface area contributed by atoms with Crippen molar-refractivity contribution in [1.82, 2.24) is 4.90 Å². The summed E-state index contributed by atoms with van der Waals surface area (Å²) in [5.41, 5.74) is 2.15. The summed E-state index contributed by atoms with van der Waals surface area (Å²) in [7, 11) is 5.01. The van der Waals surface area contributed by atoms with Crippen LogP contribution in [0.1, 0.15) is 11.1 Å². The molecule has 0 aromatic heterocycles. The Morgan fingerprint density at radius 1 is 1.04 bits per heavy atom. The average Bonchev–Trinajstić information content (AvgIpc) is 2.60. The Morgan fingerprint density at radius 3 is 2.35 bits per heavy atom. The average molecular weight is 313 g/mol. The Bertz CT molecular complexity index is 628. The molecule has 0 saturated carbocycles. The van der Waals surface area contributed by atoms with E-state index < -0.39 is 0 Å². The zero-order valence-electron chi connectivity index (χ0n) is 13.9. The van der Waals surface area contributed by atoms with E-state index in [-0.39, 0.29) is 12.0 Å². The predicted molar refractivity (Wildman–Crippen MR) is 90.4 cm³/mol. The van der Waals surface area contributed by atoms with Gasteiger partial charge in [-0.3, -0.25) is 9.69 Å². The molecule has 0 spiro atoms. The SMILES string of the molecule is COC(=O)[C@H](Cc1ccccc1)N(C)Cc1ccccc1OC. The number of likely N-dealkylation sites (N-methyl/N-ethyl adjacent to an activating group) is 1. The summed E-state index contributed by atoms with van der Waals surface area (Å²) >= 11 is 0. The van der Waals surface area contributed by atoms with E-state index >= 15 is 0 Å². The summed E-state index contributed by atoms with van der Waals surface area (Å²) in [5.74, 6) is 0.592. The first-order valence-electron chi connectivity index (χ1n) is 7.59. The highest BCUT2D eigenvalue weighted by Crippen LogP contribution is 2.20. The van der Waals surface area contributed by atoms with Gasteiger partial charge < -0.3 is 9.47 Å². The standard InChI is InChI=1S/C19H23NO3/c1-20(14-16-11-7-8-12-18(16)22-2)17(19(21)23-3)13-15-9-5-4-6-10-15/h4-12,17H,13-14H2,1-3H3/t17-/m0/s1. The van der Waals surface area contributed by atoms with Crippen molar-refractivity contribution in [2.75, 3.05) is 21.3 Å². The summed E-state index contributed by atoms with van der Waals surface area (Å²) in [4.78, 5) is 14.2. The molecule has 122 valence electrons. The molecular weight excluding hydrogens is 290 g/mol. The molecule has 2 rings (SSSR count). The van der Waals surface area contributed by atoms with Crippen molar-refractivity contribution in [2.45, 2.75) is 19.0 Å². The van der Waals surface area contributed by atoms with E-state index in [4.69, 9.17) is 9.47 Å². The summed E-state index contributed by atoms with van der Waals surface area (Å²) in [5, 5.41) is 0. The molecule has 2 aromatic carbocycles. The van der Waals surface area contributed by atoms with Gasteiger partial charge in [0, 0.05) is 12.1 Å². The number of esters is 1. The highest BCUT2D eigenvalue weighted by atomic mass is 16.5. The number of para-hydroxylation sites is 1. The van der Waals surface area contributed by atoms with Gasteiger partial charge in [0.1, 0.15) is 11.8 Å². The number of rotatable bonds is 7. The van der Waals surface area contributed by atoms with Crippen LogP contribution in [-0.4, -0.2) is 38.2 Å². The first-order valence-corrected chi connectivity index (χ1v) is 7.59. The van der Waals surface area contributed by atoms with Crippen molar-refractivity contribution in [3.05, 3.63) is 65.7 Å². The quantitative estimate of drug-likeness (QED) is 0.737. The van der Waals surface area contributed by atoms with Gasteiger partial charge in [0.25, 0.3) is 0 Å². The van der Waals surface area contributed by atoms with E-state index in [1.54, 1.807) is 7.11 Å². The number of methoxy groups -OCH3 is 2. The van der Waals surface area contributed by atoms with Crippen LogP contribution >= 0.6 is 0 Å². The highest BCUT2D eigenvalue weighted by molar-refractivity contribution is 5.76. The molecule has 0 radical (unpaired) electrons. The van der Waals surface area contributed by atoms with Gasteiger partial charge in [-0.1, -0.05) is 48.5 Å². The summed E-state index contributed by atoms with van der Waals surface area (Å²) < 4.78 is 10.4. The second-order valence-corrected chi connectivity index (χ2v) is 5.46. The molecule has 4 nitrogen and oxygen atoms in total. The minimum absolute atomic E-state index is 0.230. The molecule has 2 aromatic rings. The lowest BCUT2D eigenvalue weighted by molar-refractivity contribution is -0.146. The second kappa shape index (κ2) is 8.34. The molecule has 0 fully saturated rings. The van der Waals surface area contributed by atoms with E-state index in [1.165, 1.54) is 7.11 Å². The lowest BCUT2D eigenvalue weighted by Gasteiger charge is -2.26. The third-order valence-electron chi connectivity index (χ3n) is 3.89. The van der Waals surface area contributed by atoms with Crippen molar-refractivity contribution in [3.63, 3.8) is 0 Å². The van der Waals surface area contributed by atoms with Crippen LogP contribution in [0, 0.1) is 0 Å². The third kappa shape index (κ3) is 4.57. The minimum Gasteiger partial charge on any atom is -0.496 e. The Balaban J connectivity index is 2.16. The minimum atomic E-state index is -0.340. The Morgan fingerprint density at radius 2 is 1.70 bits per heavy atom. The van der Waals surface area contributed by atoms with Crippen molar-refractivity contribution in [3.8, 4) is 5.75 Å². The Hall–Kier alpha value is -2.33. The van der Waals surface area contributed by atoms with Gasteiger partial charge in [-0.2, -0.15) is 0 Å². The van der Waals surface area contributed by atoms with E-state index in [0.717, 1.165) is 16.9 Å². The van der Waals surface area contributed by atoms with Crippen LogP contribution in [0.5, 0.6) is 5.75 Å². The van der Waals surface area contributed by atoms with E-state index in [0.29, 0.717) is 13.0 Å². The van der Waals surface area contributed by atoms with Gasteiger partial charge in [0.2, 0.25) is 0 Å². The van der Waals surface area contributed by atoms with E-state index in [9.17, 15) is 4.79 Å². The van der Waals surface area contributed by atoms with Gasteiger partial charge in [-0.05, 0) is 25.1 Å². The Kier molecular flexibility index (Phi) is 6.18. The number of hydrogen-bond donors (Lipinski definition) is 0. The smallest absolute Gasteiger partial charge is 0.323 e. The highest BCUT2D eigenvalue weighted by Gasteiger charge is 2.25. The van der Waals surface area contributed by atoms with Gasteiger partial charge in [0.05, 0.1) is 14.2 Å². The number of benzene rings is 2. The number of carbonyl (C=O) groups is 1. The van der Waals surface area contributed by atoms with Crippen LogP contribution in [0.15, 0.2) is 54.6 Å². The number of ether oxygens (including phenoxy) is 2. The van der Waals surface area contributed by atoms with Gasteiger partial charge >= 0.3 is 5.97 Å². The largest absolute Gasteiger partial charge is 0.496 e. The van der Waals surface area contributed by atoms with Gasteiger partial charge in [-0.15, -0.1) is 0 Å². The molecule has 23 heavy (non-hydrogen) atoms. The molecule has 1 atom stereocenters. The van der Waals surface area contributed by atoms with E-state index in [2.05, 4.69) is 0 Å². The fourth-order valence-electron chi connectivity index (χ4n) is 2.60. The molecule has 0 aliphatic heterocycles. The molecular formula is C19H23NO3. The predicted octanol–water partition coefficient (Wildman–Crippen LogP) is 2.91. The second-order valence-electron chi connectivity index (χ2n) is 5.46. The first kappa shape index (κ1) is 17.0. The lowest BCUT2D eigenvalue weighted by Crippen LogP contribution is -2.40. The normalized spacial score (nSPS) is 12.0. The monoisotopic (exact) mass is 313 g/mol. The Labute approximate surface area is 137 Å². The third-order valence-corrected chi connectivity index (χ3v) is 3.89.